The zero-order valence-corrected chi connectivity index (χ0v) is 9.84. The number of aryl methyl sites for hydroxylation is 1. The van der Waals surface area contributed by atoms with Crippen LogP contribution in [-0.2, 0) is 18.3 Å². The molecule has 2 aromatic rings. The number of hydrogen-bond acceptors (Lipinski definition) is 2. The molecule has 0 fully saturated rings. The second kappa shape index (κ2) is 4.13. The number of rotatable bonds is 3. The van der Waals surface area contributed by atoms with Crippen LogP contribution in [-0.4, -0.2) is 20.7 Å². The molecule has 0 aliphatic carbocycles. The fourth-order valence-electron chi connectivity index (χ4n) is 1.99. The van der Waals surface area contributed by atoms with Gasteiger partial charge in [-0.25, -0.2) is 0 Å². The number of aliphatic carboxylic acids is 1. The summed E-state index contributed by atoms with van der Waals surface area (Å²) < 4.78 is 1.97. The van der Waals surface area contributed by atoms with Crippen LogP contribution in [0.2, 0.25) is 0 Å². The maximum absolute atomic E-state index is 10.8. The number of carboxylic acids is 1. The summed E-state index contributed by atoms with van der Waals surface area (Å²) in [5.41, 5.74) is 1.95. The van der Waals surface area contributed by atoms with Crippen LogP contribution in [0.25, 0.3) is 10.9 Å². The molecular weight excluding hydrogens is 218 g/mol. The van der Waals surface area contributed by atoms with E-state index in [-0.39, 0.29) is 5.75 Å². The number of aromatic hydroxyl groups is 1. The number of hydrogen-bond donors (Lipinski definition) is 2. The summed E-state index contributed by atoms with van der Waals surface area (Å²) in [4.78, 5) is 10.8. The molecule has 4 heteroatoms. The molecule has 0 aliphatic rings. The lowest BCUT2D eigenvalue weighted by molar-refractivity contribution is -0.141. The Morgan fingerprint density at radius 2 is 2.12 bits per heavy atom. The minimum atomic E-state index is -0.793. The van der Waals surface area contributed by atoms with Crippen molar-refractivity contribution in [3.05, 3.63) is 30.0 Å². The highest BCUT2D eigenvalue weighted by atomic mass is 16.4. The molecule has 0 amide bonds. The highest BCUT2D eigenvalue weighted by Gasteiger charge is 2.15. The minimum Gasteiger partial charge on any atom is -0.508 e. The van der Waals surface area contributed by atoms with Crippen LogP contribution < -0.4 is 0 Å². The maximum atomic E-state index is 10.8. The number of nitrogens with zero attached hydrogens (tertiary/aromatic N) is 1. The first-order valence-corrected chi connectivity index (χ1v) is 5.49. The number of aromatic nitrogens is 1. The van der Waals surface area contributed by atoms with Crippen LogP contribution in [0.3, 0.4) is 0 Å². The monoisotopic (exact) mass is 233 g/mol. The lowest BCUT2D eigenvalue weighted by atomic mass is 10.1. The number of carboxylic acid groups (broad SMARTS) is 1. The van der Waals surface area contributed by atoms with Crippen LogP contribution in [0, 0.1) is 5.92 Å². The molecule has 2 rings (SSSR count). The van der Waals surface area contributed by atoms with Crippen molar-refractivity contribution >= 4 is 16.9 Å². The van der Waals surface area contributed by atoms with Crippen LogP contribution in [0.5, 0.6) is 5.75 Å². The van der Waals surface area contributed by atoms with Crippen molar-refractivity contribution in [1.29, 1.82) is 0 Å². The van der Waals surface area contributed by atoms with E-state index in [0.717, 1.165) is 16.6 Å². The maximum Gasteiger partial charge on any atom is 0.306 e. The van der Waals surface area contributed by atoms with Crippen molar-refractivity contribution in [2.75, 3.05) is 0 Å². The predicted molar refractivity (Wildman–Crippen MR) is 65.1 cm³/mol. The highest BCUT2D eigenvalue weighted by molar-refractivity contribution is 5.83. The average Bonchev–Trinajstić information content (AvgIpc) is 2.55. The van der Waals surface area contributed by atoms with Gasteiger partial charge in [-0.2, -0.15) is 0 Å². The van der Waals surface area contributed by atoms with Crippen molar-refractivity contribution in [3.63, 3.8) is 0 Å². The summed E-state index contributed by atoms with van der Waals surface area (Å²) in [5, 5.41) is 19.2. The van der Waals surface area contributed by atoms with E-state index in [1.807, 2.05) is 23.7 Å². The first kappa shape index (κ1) is 11.5. The van der Waals surface area contributed by atoms with Gasteiger partial charge >= 0.3 is 5.97 Å². The Morgan fingerprint density at radius 1 is 1.41 bits per heavy atom. The second-order valence-electron chi connectivity index (χ2n) is 4.38. The second-order valence-corrected chi connectivity index (χ2v) is 4.38. The van der Waals surface area contributed by atoms with Gasteiger partial charge in [0.15, 0.2) is 0 Å². The Morgan fingerprint density at radius 3 is 2.76 bits per heavy atom. The Balaban J connectivity index is 2.42. The number of carbonyl (C=O) groups is 1. The van der Waals surface area contributed by atoms with Gasteiger partial charge in [0.05, 0.1) is 5.92 Å². The molecular formula is C13H15NO3. The van der Waals surface area contributed by atoms with Crippen molar-refractivity contribution in [2.24, 2.45) is 13.0 Å². The molecule has 0 saturated carbocycles. The van der Waals surface area contributed by atoms with Gasteiger partial charge in [-0.3, -0.25) is 4.79 Å². The number of benzene rings is 1. The summed E-state index contributed by atoms with van der Waals surface area (Å²) in [7, 11) is 1.91. The van der Waals surface area contributed by atoms with Gasteiger partial charge in [0.1, 0.15) is 5.75 Å². The van der Waals surface area contributed by atoms with Gasteiger partial charge in [-0.1, -0.05) is 6.92 Å². The molecule has 4 nitrogen and oxygen atoms in total. The Bertz CT molecular complexity index is 571. The van der Waals surface area contributed by atoms with Crippen molar-refractivity contribution in [3.8, 4) is 5.75 Å². The van der Waals surface area contributed by atoms with Crippen molar-refractivity contribution in [1.82, 2.24) is 4.57 Å². The molecule has 0 aliphatic heterocycles. The van der Waals surface area contributed by atoms with Crippen LogP contribution >= 0.6 is 0 Å². The fraction of sp³-hybridized carbons (Fsp3) is 0.308. The Labute approximate surface area is 99.1 Å². The van der Waals surface area contributed by atoms with E-state index in [4.69, 9.17) is 5.11 Å². The van der Waals surface area contributed by atoms with Crippen LogP contribution in [0.4, 0.5) is 0 Å². The summed E-state index contributed by atoms with van der Waals surface area (Å²) in [6.45, 7) is 1.69. The lowest BCUT2D eigenvalue weighted by Crippen LogP contribution is -2.13. The first-order valence-electron chi connectivity index (χ1n) is 5.49. The first-order chi connectivity index (χ1) is 7.99. The van der Waals surface area contributed by atoms with E-state index in [0.29, 0.717) is 6.42 Å². The Kier molecular flexibility index (Phi) is 2.79. The van der Waals surface area contributed by atoms with E-state index in [1.54, 1.807) is 19.1 Å². The molecule has 0 spiro atoms. The third kappa shape index (κ3) is 2.11. The molecule has 1 unspecified atom stereocenters. The Hall–Kier alpha value is -1.97. The third-order valence-corrected chi connectivity index (χ3v) is 3.06. The number of phenolic OH excluding ortho intramolecular Hbond substituents is 1. The molecule has 1 atom stereocenters. The zero-order valence-electron chi connectivity index (χ0n) is 9.84. The molecule has 1 heterocycles. The zero-order chi connectivity index (χ0) is 12.6. The fourth-order valence-corrected chi connectivity index (χ4v) is 1.99. The van der Waals surface area contributed by atoms with E-state index in [1.165, 1.54) is 0 Å². The smallest absolute Gasteiger partial charge is 0.306 e. The van der Waals surface area contributed by atoms with Crippen molar-refractivity contribution in [2.45, 2.75) is 13.3 Å². The summed E-state index contributed by atoms with van der Waals surface area (Å²) in [6, 6.07) is 7.07. The number of phenols is 1. The highest BCUT2D eigenvalue weighted by Crippen LogP contribution is 2.24. The van der Waals surface area contributed by atoms with E-state index < -0.39 is 11.9 Å². The molecule has 0 saturated heterocycles. The molecule has 17 heavy (non-hydrogen) atoms. The van der Waals surface area contributed by atoms with Crippen LogP contribution in [0.1, 0.15) is 12.6 Å². The van der Waals surface area contributed by atoms with Gasteiger partial charge in [0, 0.05) is 30.1 Å². The minimum absolute atomic E-state index is 0.223. The van der Waals surface area contributed by atoms with Gasteiger partial charge in [-0.05, 0) is 24.3 Å². The molecule has 1 aromatic heterocycles. The lowest BCUT2D eigenvalue weighted by Gasteiger charge is -2.07. The van der Waals surface area contributed by atoms with Gasteiger partial charge in [0.2, 0.25) is 0 Å². The number of fused-ring (bicyclic) bond motifs is 1. The normalized spacial score (nSPS) is 12.8. The van der Waals surface area contributed by atoms with E-state index in [2.05, 4.69) is 0 Å². The summed E-state index contributed by atoms with van der Waals surface area (Å²) in [6.07, 6.45) is 0.487. The third-order valence-electron chi connectivity index (χ3n) is 3.06. The SMILES string of the molecule is CC(Cc1cc2cc(O)ccc2n1C)C(=O)O. The molecule has 2 N–H and O–H groups in total. The van der Waals surface area contributed by atoms with Gasteiger partial charge in [0.25, 0.3) is 0 Å². The van der Waals surface area contributed by atoms with Gasteiger partial charge in [-0.15, -0.1) is 0 Å². The van der Waals surface area contributed by atoms with E-state index in [9.17, 15) is 9.90 Å². The molecule has 90 valence electrons. The largest absolute Gasteiger partial charge is 0.508 e. The standard InChI is InChI=1S/C13H15NO3/c1-8(13(16)17)5-10-6-9-7-11(15)3-4-12(9)14(10)2/h3-4,6-8,15H,5H2,1-2H3,(H,16,17). The molecule has 1 aromatic carbocycles. The topological polar surface area (TPSA) is 62.5 Å². The quantitative estimate of drug-likeness (QED) is 0.853. The average molecular weight is 233 g/mol. The predicted octanol–water partition coefficient (Wildman–Crippen LogP) is 2.15. The van der Waals surface area contributed by atoms with Crippen LogP contribution in [0.15, 0.2) is 24.3 Å². The molecule has 0 bridgehead atoms. The summed E-state index contributed by atoms with van der Waals surface area (Å²) in [5.74, 6) is -0.981. The summed E-state index contributed by atoms with van der Waals surface area (Å²) >= 11 is 0. The van der Waals surface area contributed by atoms with E-state index >= 15 is 0 Å². The van der Waals surface area contributed by atoms with Crippen molar-refractivity contribution < 1.29 is 15.0 Å². The molecule has 0 radical (unpaired) electrons. The van der Waals surface area contributed by atoms with Gasteiger partial charge < -0.3 is 14.8 Å².